The lowest BCUT2D eigenvalue weighted by Gasteiger charge is -2.32. The Morgan fingerprint density at radius 1 is 1.36 bits per heavy atom. The van der Waals surface area contributed by atoms with Gasteiger partial charge in [-0.05, 0) is 25.0 Å². The third-order valence-corrected chi connectivity index (χ3v) is 3.76. The summed E-state index contributed by atoms with van der Waals surface area (Å²) in [5.74, 6) is 0.234. The molecule has 1 aliphatic rings. The summed E-state index contributed by atoms with van der Waals surface area (Å²) in [5, 5.41) is 11.5. The van der Waals surface area contributed by atoms with Crippen molar-refractivity contribution < 1.29 is 14.3 Å². The normalized spacial score (nSPS) is 15.0. The van der Waals surface area contributed by atoms with Crippen LogP contribution in [0.1, 0.15) is 29.6 Å². The van der Waals surface area contributed by atoms with Gasteiger partial charge in [0.05, 0.1) is 18.7 Å². The van der Waals surface area contributed by atoms with Crippen molar-refractivity contribution in [1.29, 1.82) is 5.26 Å². The smallest absolute Gasteiger partial charge is 0.255 e. The van der Waals surface area contributed by atoms with E-state index < -0.39 is 0 Å². The molecule has 1 fully saturated rings. The highest BCUT2D eigenvalue weighted by Crippen LogP contribution is 2.18. The predicted molar refractivity (Wildman–Crippen MR) is 80.3 cm³/mol. The van der Waals surface area contributed by atoms with Crippen LogP contribution in [0.3, 0.4) is 0 Å². The van der Waals surface area contributed by atoms with E-state index in [0.717, 1.165) is 0 Å². The fourth-order valence-electron chi connectivity index (χ4n) is 2.55. The van der Waals surface area contributed by atoms with Crippen molar-refractivity contribution in [3.05, 3.63) is 29.8 Å². The Morgan fingerprint density at radius 3 is 2.68 bits per heavy atom. The Balaban J connectivity index is 1.89. The number of amides is 2. The first-order valence-corrected chi connectivity index (χ1v) is 7.24. The van der Waals surface area contributed by atoms with Crippen LogP contribution < -0.4 is 10.1 Å². The van der Waals surface area contributed by atoms with E-state index in [0.29, 0.717) is 37.2 Å². The Labute approximate surface area is 129 Å². The van der Waals surface area contributed by atoms with Gasteiger partial charge in [0.25, 0.3) is 5.91 Å². The van der Waals surface area contributed by atoms with Gasteiger partial charge in [0.1, 0.15) is 12.2 Å². The van der Waals surface area contributed by atoms with Crippen molar-refractivity contribution in [3.8, 4) is 11.8 Å². The van der Waals surface area contributed by atoms with Crippen LogP contribution in [0.5, 0.6) is 5.75 Å². The number of carbonyl (C=O) groups excluding carboxylic acids is 2. The van der Waals surface area contributed by atoms with E-state index in [9.17, 15) is 9.59 Å². The number of para-hydroxylation sites is 1. The number of rotatable bonds is 4. The molecule has 6 heteroatoms. The van der Waals surface area contributed by atoms with Crippen LogP contribution >= 0.6 is 0 Å². The third kappa shape index (κ3) is 3.76. The molecule has 1 N–H and O–H groups in total. The summed E-state index contributed by atoms with van der Waals surface area (Å²) in [7, 11) is 1.53. The summed E-state index contributed by atoms with van der Waals surface area (Å²) < 4.78 is 5.19. The second-order valence-electron chi connectivity index (χ2n) is 5.16. The largest absolute Gasteiger partial charge is 0.496 e. The maximum absolute atomic E-state index is 12.3. The number of benzene rings is 1. The molecule has 1 aliphatic heterocycles. The summed E-state index contributed by atoms with van der Waals surface area (Å²) in [5.41, 5.74) is 0.507. The number of nitrogens with zero attached hydrogens (tertiary/aromatic N) is 2. The summed E-state index contributed by atoms with van der Waals surface area (Å²) in [4.78, 5) is 25.6. The number of hydrogen-bond acceptors (Lipinski definition) is 4. The lowest BCUT2D eigenvalue weighted by atomic mass is 10.0. The summed E-state index contributed by atoms with van der Waals surface area (Å²) in [6.07, 6.45) is 1.30. The summed E-state index contributed by atoms with van der Waals surface area (Å²) in [6, 6.07) is 8.98. The Bertz CT molecular complexity index is 587. The number of piperidine rings is 1. The standard InChI is InChI=1S/C16H19N3O3/c1-22-14-5-3-2-4-13(14)16(21)18-12-7-10-19(11-8-12)15(20)6-9-17/h2-5,12H,6-8,10-11H2,1H3,(H,18,21). The third-order valence-electron chi connectivity index (χ3n) is 3.76. The molecule has 1 heterocycles. The number of nitriles is 1. The fraction of sp³-hybridized carbons (Fsp3) is 0.438. The van der Waals surface area contributed by atoms with Crippen LogP contribution in [0.25, 0.3) is 0 Å². The predicted octanol–water partition coefficient (Wildman–Crippen LogP) is 1.33. The zero-order chi connectivity index (χ0) is 15.9. The van der Waals surface area contributed by atoms with Crippen LogP contribution in [-0.2, 0) is 4.79 Å². The van der Waals surface area contributed by atoms with Crippen LogP contribution in [0.2, 0.25) is 0 Å². The van der Waals surface area contributed by atoms with Gasteiger partial charge in [0.15, 0.2) is 0 Å². The molecular formula is C16H19N3O3. The first kappa shape index (κ1) is 15.8. The van der Waals surface area contributed by atoms with E-state index in [1.54, 1.807) is 23.1 Å². The van der Waals surface area contributed by atoms with Gasteiger partial charge in [-0.1, -0.05) is 12.1 Å². The zero-order valence-corrected chi connectivity index (χ0v) is 12.5. The molecular weight excluding hydrogens is 282 g/mol. The van der Waals surface area contributed by atoms with Crippen LogP contribution in [0.15, 0.2) is 24.3 Å². The molecule has 22 heavy (non-hydrogen) atoms. The van der Waals surface area contributed by atoms with E-state index in [1.807, 2.05) is 12.1 Å². The van der Waals surface area contributed by atoms with Crippen LogP contribution in [0.4, 0.5) is 0 Å². The SMILES string of the molecule is COc1ccccc1C(=O)NC1CCN(C(=O)CC#N)CC1. The van der Waals surface area contributed by atoms with Gasteiger partial charge in [0, 0.05) is 19.1 Å². The van der Waals surface area contributed by atoms with Gasteiger partial charge >= 0.3 is 0 Å². The van der Waals surface area contributed by atoms with Gasteiger partial charge < -0.3 is 15.0 Å². The Hall–Kier alpha value is -2.55. The molecule has 0 saturated carbocycles. The molecule has 2 amide bonds. The highest BCUT2D eigenvalue weighted by atomic mass is 16.5. The minimum Gasteiger partial charge on any atom is -0.496 e. The monoisotopic (exact) mass is 301 g/mol. The van der Waals surface area contributed by atoms with Crippen molar-refractivity contribution in [3.63, 3.8) is 0 Å². The number of ether oxygens (including phenoxy) is 1. The average Bonchev–Trinajstić information content (AvgIpc) is 2.55. The topological polar surface area (TPSA) is 82.4 Å². The Kier molecular flexibility index (Phi) is 5.37. The molecule has 1 saturated heterocycles. The Morgan fingerprint density at radius 2 is 2.05 bits per heavy atom. The first-order chi connectivity index (χ1) is 10.7. The van der Waals surface area contributed by atoms with E-state index in [-0.39, 0.29) is 24.3 Å². The highest BCUT2D eigenvalue weighted by Gasteiger charge is 2.24. The van der Waals surface area contributed by atoms with Gasteiger partial charge in [-0.2, -0.15) is 5.26 Å². The van der Waals surface area contributed by atoms with E-state index in [1.165, 1.54) is 7.11 Å². The quantitative estimate of drug-likeness (QED) is 0.909. The lowest BCUT2D eigenvalue weighted by Crippen LogP contribution is -2.46. The zero-order valence-electron chi connectivity index (χ0n) is 12.5. The molecule has 0 bridgehead atoms. The molecule has 0 atom stereocenters. The molecule has 2 rings (SSSR count). The van der Waals surface area contributed by atoms with E-state index in [2.05, 4.69) is 5.32 Å². The molecule has 1 aromatic carbocycles. The number of hydrogen-bond donors (Lipinski definition) is 1. The molecule has 0 radical (unpaired) electrons. The molecule has 0 aliphatic carbocycles. The average molecular weight is 301 g/mol. The van der Waals surface area contributed by atoms with Crippen molar-refractivity contribution in [2.24, 2.45) is 0 Å². The van der Waals surface area contributed by atoms with Crippen LogP contribution in [0, 0.1) is 11.3 Å². The summed E-state index contributed by atoms with van der Waals surface area (Å²) >= 11 is 0. The number of likely N-dealkylation sites (tertiary alicyclic amines) is 1. The molecule has 0 unspecified atom stereocenters. The lowest BCUT2D eigenvalue weighted by molar-refractivity contribution is -0.131. The first-order valence-electron chi connectivity index (χ1n) is 7.24. The fourth-order valence-corrected chi connectivity index (χ4v) is 2.55. The van der Waals surface area contributed by atoms with E-state index >= 15 is 0 Å². The van der Waals surface area contributed by atoms with Crippen molar-refractivity contribution in [1.82, 2.24) is 10.2 Å². The highest BCUT2D eigenvalue weighted by molar-refractivity contribution is 5.97. The van der Waals surface area contributed by atoms with Crippen molar-refractivity contribution in [2.75, 3.05) is 20.2 Å². The van der Waals surface area contributed by atoms with Gasteiger partial charge in [-0.25, -0.2) is 0 Å². The summed E-state index contributed by atoms with van der Waals surface area (Å²) in [6.45, 7) is 1.13. The van der Waals surface area contributed by atoms with Gasteiger partial charge in [-0.15, -0.1) is 0 Å². The number of methoxy groups -OCH3 is 1. The molecule has 1 aromatic rings. The molecule has 6 nitrogen and oxygen atoms in total. The molecule has 0 aromatic heterocycles. The van der Waals surface area contributed by atoms with E-state index in [4.69, 9.17) is 10.00 Å². The number of carbonyl (C=O) groups is 2. The minimum atomic E-state index is -0.167. The molecule has 116 valence electrons. The van der Waals surface area contributed by atoms with Crippen molar-refractivity contribution >= 4 is 11.8 Å². The molecule has 0 spiro atoms. The maximum Gasteiger partial charge on any atom is 0.255 e. The minimum absolute atomic E-state index is 0.0311. The second-order valence-corrected chi connectivity index (χ2v) is 5.16. The van der Waals surface area contributed by atoms with Gasteiger partial charge in [-0.3, -0.25) is 9.59 Å². The van der Waals surface area contributed by atoms with Gasteiger partial charge in [0.2, 0.25) is 5.91 Å². The maximum atomic E-state index is 12.3. The van der Waals surface area contributed by atoms with Crippen molar-refractivity contribution in [2.45, 2.75) is 25.3 Å². The number of nitrogens with one attached hydrogen (secondary N) is 1. The second kappa shape index (κ2) is 7.46. The van der Waals surface area contributed by atoms with Crippen LogP contribution in [-0.4, -0.2) is 43.0 Å².